The maximum absolute atomic E-state index is 15.0. The molecule has 0 aromatic heterocycles. The van der Waals surface area contributed by atoms with Gasteiger partial charge in [0.05, 0.1) is 23.2 Å². The Morgan fingerprint density at radius 3 is 2.42 bits per heavy atom. The van der Waals surface area contributed by atoms with Gasteiger partial charge in [0.15, 0.2) is 0 Å². The molecule has 1 atom stereocenters. The van der Waals surface area contributed by atoms with Crippen LogP contribution in [0.15, 0.2) is 71.6 Å². The maximum Gasteiger partial charge on any atom is 0.316 e. The van der Waals surface area contributed by atoms with Crippen LogP contribution in [0.25, 0.3) is 0 Å². The van der Waals surface area contributed by atoms with E-state index in [0.29, 0.717) is 42.3 Å². The summed E-state index contributed by atoms with van der Waals surface area (Å²) in [5.74, 6) is -1.27. The molecule has 11 heteroatoms. The number of halogens is 3. The molecule has 3 rings (SSSR count). The van der Waals surface area contributed by atoms with Crippen molar-refractivity contribution in [3.63, 3.8) is 0 Å². The summed E-state index contributed by atoms with van der Waals surface area (Å²) in [6.45, 7) is 2.43. The lowest BCUT2D eigenvalue weighted by Gasteiger charge is -2.32. The van der Waals surface area contributed by atoms with Crippen molar-refractivity contribution in [2.45, 2.75) is 30.7 Å². The van der Waals surface area contributed by atoms with Gasteiger partial charge in [0, 0.05) is 37.3 Å². The molecule has 0 radical (unpaired) electrons. The SMILES string of the molecule is CNC(=O)N(C)CCCCOc1ccccc1C(C)N(c1cc(F)ccc1F)S(=O)(=O)c1ccc(Cl)cc1. The first kappa shape index (κ1) is 29.2. The Hall–Kier alpha value is -3.37. The number of nitrogens with one attached hydrogen (secondary N) is 1. The third kappa shape index (κ3) is 6.93. The van der Waals surface area contributed by atoms with Gasteiger partial charge in [-0.15, -0.1) is 0 Å². The van der Waals surface area contributed by atoms with Crippen LogP contribution in [0, 0.1) is 11.6 Å². The molecule has 0 saturated carbocycles. The number of hydrogen-bond acceptors (Lipinski definition) is 4. The Morgan fingerprint density at radius 1 is 1.05 bits per heavy atom. The summed E-state index contributed by atoms with van der Waals surface area (Å²) in [5.41, 5.74) is 0.0377. The van der Waals surface area contributed by atoms with Crippen LogP contribution < -0.4 is 14.4 Å². The molecule has 0 spiro atoms. The number of hydrogen-bond donors (Lipinski definition) is 1. The molecular formula is C27H30ClF2N3O4S. The molecule has 7 nitrogen and oxygen atoms in total. The maximum atomic E-state index is 15.0. The van der Waals surface area contributed by atoms with E-state index in [-0.39, 0.29) is 10.9 Å². The van der Waals surface area contributed by atoms with Crippen LogP contribution in [-0.2, 0) is 10.0 Å². The van der Waals surface area contributed by atoms with Gasteiger partial charge in [-0.25, -0.2) is 22.0 Å². The number of para-hydroxylation sites is 1. The minimum absolute atomic E-state index is 0.129. The Labute approximate surface area is 227 Å². The molecule has 3 aromatic carbocycles. The van der Waals surface area contributed by atoms with E-state index >= 15 is 0 Å². The number of amides is 2. The van der Waals surface area contributed by atoms with Crippen molar-refractivity contribution >= 4 is 33.3 Å². The number of rotatable bonds is 11. The van der Waals surface area contributed by atoms with Gasteiger partial charge in [-0.3, -0.25) is 4.31 Å². The first-order valence-corrected chi connectivity index (χ1v) is 13.8. The van der Waals surface area contributed by atoms with Crippen LogP contribution in [-0.4, -0.2) is 46.6 Å². The van der Waals surface area contributed by atoms with Crippen molar-refractivity contribution in [2.24, 2.45) is 0 Å². The highest BCUT2D eigenvalue weighted by Gasteiger charge is 2.34. The molecule has 0 heterocycles. The molecule has 1 unspecified atom stereocenters. The van der Waals surface area contributed by atoms with E-state index in [4.69, 9.17) is 16.3 Å². The summed E-state index contributed by atoms with van der Waals surface area (Å²) in [6.07, 6.45) is 1.32. The molecule has 0 saturated heterocycles. The highest BCUT2D eigenvalue weighted by atomic mass is 35.5. The van der Waals surface area contributed by atoms with Crippen molar-refractivity contribution in [3.8, 4) is 5.75 Å². The fraction of sp³-hybridized carbons (Fsp3) is 0.296. The van der Waals surface area contributed by atoms with E-state index in [1.807, 2.05) is 0 Å². The second-order valence-corrected chi connectivity index (χ2v) is 10.8. The van der Waals surface area contributed by atoms with Gasteiger partial charge in [-0.2, -0.15) is 0 Å². The van der Waals surface area contributed by atoms with E-state index in [1.165, 1.54) is 24.3 Å². The standard InChI is InChI=1S/C27H30ClF2N3O4S/c1-19(23-8-4-5-9-26(23)37-17-7-6-16-32(3)27(34)31-2)33(25-18-21(29)12-15-24(25)30)38(35,36)22-13-10-20(28)11-14-22/h4-5,8-15,18-19H,6-7,16-17H2,1-3H3,(H,31,34). The second-order valence-electron chi connectivity index (χ2n) is 8.60. The normalized spacial score (nSPS) is 12.1. The van der Waals surface area contributed by atoms with Crippen molar-refractivity contribution in [3.05, 3.63) is 89.0 Å². The number of urea groups is 1. The average Bonchev–Trinajstić information content (AvgIpc) is 2.90. The number of nitrogens with zero attached hydrogens (tertiary/aromatic N) is 2. The number of carbonyl (C=O) groups excluding carboxylic acids is 1. The van der Waals surface area contributed by atoms with Crippen LogP contribution in [0.4, 0.5) is 19.3 Å². The van der Waals surface area contributed by atoms with E-state index in [1.54, 1.807) is 50.2 Å². The highest BCUT2D eigenvalue weighted by Crippen LogP contribution is 2.38. The zero-order valence-electron chi connectivity index (χ0n) is 21.3. The predicted molar refractivity (Wildman–Crippen MR) is 144 cm³/mol. The zero-order chi connectivity index (χ0) is 27.9. The zero-order valence-corrected chi connectivity index (χ0v) is 22.9. The summed E-state index contributed by atoms with van der Waals surface area (Å²) in [4.78, 5) is 13.0. The van der Waals surface area contributed by atoms with Crippen molar-refractivity contribution in [1.29, 1.82) is 0 Å². The summed E-state index contributed by atoms with van der Waals surface area (Å²) in [5, 5.41) is 2.89. The van der Waals surface area contributed by atoms with Gasteiger partial charge < -0.3 is 15.0 Å². The van der Waals surface area contributed by atoms with Crippen molar-refractivity contribution in [1.82, 2.24) is 10.2 Å². The minimum Gasteiger partial charge on any atom is -0.493 e. The van der Waals surface area contributed by atoms with Gasteiger partial charge in [-0.05, 0) is 62.2 Å². The van der Waals surface area contributed by atoms with E-state index in [9.17, 15) is 22.0 Å². The van der Waals surface area contributed by atoms with E-state index in [0.717, 1.165) is 22.5 Å². The predicted octanol–water partition coefficient (Wildman–Crippen LogP) is 6.00. The molecule has 1 N–H and O–H groups in total. The highest BCUT2D eigenvalue weighted by molar-refractivity contribution is 7.92. The topological polar surface area (TPSA) is 79.0 Å². The lowest BCUT2D eigenvalue weighted by atomic mass is 10.1. The number of carbonyl (C=O) groups is 1. The third-order valence-corrected chi connectivity index (χ3v) is 8.09. The average molecular weight is 566 g/mol. The number of sulfonamides is 1. The van der Waals surface area contributed by atoms with Crippen LogP contribution in [0.2, 0.25) is 5.02 Å². The lowest BCUT2D eigenvalue weighted by molar-refractivity contribution is 0.208. The van der Waals surface area contributed by atoms with Gasteiger partial charge >= 0.3 is 6.03 Å². The molecule has 3 aromatic rings. The molecule has 38 heavy (non-hydrogen) atoms. The molecule has 0 aliphatic carbocycles. The summed E-state index contributed by atoms with van der Waals surface area (Å²) >= 11 is 5.94. The second kappa shape index (κ2) is 12.9. The third-order valence-electron chi connectivity index (χ3n) is 5.94. The van der Waals surface area contributed by atoms with Gasteiger partial charge in [0.25, 0.3) is 10.0 Å². The number of ether oxygens (including phenoxy) is 1. The van der Waals surface area contributed by atoms with Gasteiger partial charge in [0.2, 0.25) is 0 Å². The number of benzene rings is 3. The Bertz CT molecular complexity index is 1360. The quantitative estimate of drug-likeness (QED) is 0.289. The fourth-order valence-corrected chi connectivity index (χ4v) is 5.69. The van der Waals surface area contributed by atoms with E-state index in [2.05, 4.69) is 5.32 Å². The van der Waals surface area contributed by atoms with Crippen LogP contribution in [0.3, 0.4) is 0 Å². The summed E-state index contributed by atoms with van der Waals surface area (Å²) in [6, 6.07) is 13.8. The van der Waals surface area contributed by atoms with Crippen LogP contribution in [0.5, 0.6) is 5.75 Å². The molecular weight excluding hydrogens is 536 g/mol. The first-order valence-electron chi connectivity index (χ1n) is 12.0. The first-order chi connectivity index (χ1) is 18.1. The lowest BCUT2D eigenvalue weighted by Crippen LogP contribution is -2.35. The van der Waals surface area contributed by atoms with Crippen molar-refractivity contribution < 1.29 is 26.7 Å². The summed E-state index contributed by atoms with van der Waals surface area (Å²) in [7, 11) is -1.10. The number of unbranched alkanes of at least 4 members (excludes halogenated alkanes) is 1. The molecule has 0 aliphatic heterocycles. The monoisotopic (exact) mass is 565 g/mol. The minimum atomic E-state index is -4.35. The Morgan fingerprint density at radius 2 is 1.74 bits per heavy atom. The molecule has 0 bridgehead atoms. The van der Waals surface area contributed by atoms with Crippen LogP contribution in [0.1, 0.15) is 31.4 Å². The summed E-state index contributed by atoms with van der Waals surface area (Å²) < 4.78 is 63.6. The Kier molecular flexibility index (Phi) is 9.93. The number of anilines is 1. The van der Waals surface area contributed by atoms with E-state index < -0.39 is 33.4 Å². The molecule has 2 amide bonds. The van der Waals surface area contributed by atoms with Crippen molar-refractivity contribution in [2.75, 3.05) is 31.6 Å². The largest absolute Gasteiger partial charge is 0.493 e. The Balaban J connectivity index is 1.92. The molecule has 204 valence electrons. The van der Waals surface area contributed by atoms with Gasteiger partial charge in [0.1, 0.15) is 17.4 Å². The fourth-order valence-electron chi connectivity index (χ4n) is 3.93. The van der Waals surface area contributed by atoms with Gasteiger partial charge in [-0.1, -0.05) is 29.8 Å². The molecule has 0 aliphatic rings. The smallest absolute Gasteiger partial charge is 0.316 e. The van der Waals surface area contributed by atoms with Crippen LogP contribution >= 0.6 is 11.6 Å². The molecule has 0 fully saturated rings.